The van der Waals surface area contributed by atoms with Crippen LogP contribution in [0.2, 0.25) is 5.02 Å². The molecule has 0 aliphatic heterocycles. The van der Waals surface area contributed by atoms with Crippen molar-refractivity contribution >= 4 is 11.6 Å². The van der Waals surface area contributed by atoms with Crippen molar-refractivity contribution < 1.29 is 4.74 Å². The molecular weight excluding hydrogens is 248 g/mol. The number of nitrogens with two attached hydrogens (primary N) is 1. The molecule has 0 spiro atoms. The Morgan fingerprint density at radius 3 is 2.67 bits per heavy atom. The normalized spacial score (nSPS) is 10.6. The van der Waals surface area contributed by atoms with Crippen molar-refractivity contribution in [2.24, 2.45) is 5.73 Å². The van der Waals surface area contributed by atoms with Gasteiger partial charge in [-0.15, -0.1) is 0 Å². The van der Waals surface area contributed by atoms with E-state index in [0.717, 1.165) is 23.7 Å². The molecule has 0 aliphatic rings. The molecule has 0 atom stereocenters. The highest BCUT2D eigenvalue weighted by atomic mass is 35.5. The molecule has 0 unspecified atom stereocenters. The molecule has 0 bridgehead atoms. The average Bonchev–Trinajstić information content (AvgIpc) is 2.80. The van der Waals surface area contributed by atoms with Gasteiger partial charge in [-0.2, -0.15) is 0 Å². The summed E-state index contributed by atoms with van der Waals surface area (Å²) in [5.74, 6) is 0.840. The minimum absolute atomic E-state index is 0.633. The fraction of sp³-hybridized carbons (Fsp3) is 0.286. The monoisotopic (exact) mass is 264 g/mol. The molecule has 0 aliphatic carbocycles. The molecule has 0 radical (unpaired) electrons. The summed E-state index contributed by atoms with van der Waals surface area (Å²) in [7, 11) is 0. The van der Waals surface area contributed by atoms with Crippen LogP contribution in [0.15, 0.2) is 42.6 Å². The summed E-state index contributed by atoms with van der Waals surface area (Å²) in [4.78, 5) is 0. The van der Waals surface area contributed by atoms with Crippen molar-refractivity contribution in [2.45, 2.75) is 13.0 Å². The largest absolute Gasteiger partial charge is 0.492 e. The maximum atomic E-state index is 5.81. The molecule has 1 aromatic carbocycles. The summed E-state index contributed by atoms with van der Waals surface area (Å²) < 4.78 is 7.83. The first kappa shape index (κ1) is 13.0. The second-order valence-electron chi connectivity index (χ2n) is 4.03. The fourth-order valence-corrected chi connectivity index (χ4v) is 1.96. The predicted octanol–water partition coefficient (Wildman–Crippen LogP) is 2.72. The maximum absolute atomic E-state index is 5.81. The van der Waals surface area contributed by atoms with Crippen LogP contribution in [-0.2, 0) is 13.0 Å². The topological polar surface area (TPSA) is 40.2 Å². The highest BCUT2D eigenvalue weighted by molar-refractivity contribution is 6.30. The lowest BCUT2D eigenvalue weighted by atomic mass is 10.3. The maximum Gasteiger partial charge on any atom is 0.119 e. The van der Waals surface area contributed by atoms with Crippen LogP contribution in [0.1, 0.15) is 5.69 Å². The molecule has 2 rings (SSSR count). The number of halogens is 1. The van der Waals surface area contributed by atoms with Crippen molar-refractivity contribution in [1.82, 2.24) is 4.57 Å². The van der Waals surface area contributed by atoms with Crippen molar-refractivity contribution in [3.05, 3.63) is 53.3 Å². The van der Waals surface area contributed by atoms with E-state index in [2.05, 4.69) is 16.8 Å². The minimum atomic E-state index is 0.633. The zero-order valence-electron chi connectivity index (χ0n) is 10.2. The number of benzene rings is 1. The summed E-state index contributed by atoms with van der Waals surface area (Å²) in [5.41, 5.74) is 6.81. The SMILES string of the molecule is NCCc1cccn1CCOc1ccc(Cl)cc1. The standard InChI is InChI=1S/C14H17ClN2O/c15-12-3-5-14(6-4-12)18-11-10-17-9-1-2-13(17)7-8-16/h1-6,9H,7-8,10-11,16H2. The quantitative estimate of drug-likeness (QED) is 0.872. The van der Waals surface area contributed by atoms with Gasteiger partial charge in [-0.1, -0.05) is 11.6 Å². The summed E-state index contributed by atoms with van der Waals surface area (Å²) in [6, 6.07) is 11.5. The van der Waals surface area contributed by atoms with E-state index < -0.39 is 0 Å². The molecule has 0 saturated heterocycles. The van der Waals surface area contributed by atoms with Crippen LogP contribution in [0.4, 0.5) is 0 Å². The number of hydrogen-bond acceptors (Lipinski definition) is 2. The number of aromatic nitrogens is 1. The molecule has 2 aromatic rings. The molecule has 18 heavy (non-hydrogen) atoms. The Kier molecular flexibility index (Phi) is 4.67. The number of rotatable bonds is 6. The number of ether oxygens (including phenoxy) is 1. The first-order chi connectivity index (χ1) is 8.79. The second-order valence-corrected chi connectivity index (χ2v) is 4.47. The minimum Gasteiger partial charge on any atom is -0.492 e. The van der Waals surface area contributed by atoms with E-state index in [1.165, 1.54) is 5.69 Å². The Morgan fingerprint density at radius 2 is 1.94 bits per heavy atom. The third-order valence-corrected chi connectivity index (χ3v) is 2.99. The van der Waals surface area contributed by atoms with Crippen molar-refractivity contribution in [3.8, 4) is 5.75 Å². The molecule has 1 heterocycles. The summed E-state index contributed by atoms with van der Waals surface area (Å²) in [6.45, 7) is 2.13. The van der Waals surface area contributed by atoms with Crippen molar-refractivity contribution in [2.75, 3.05) is 13.2 Å². The zero-order chi connectivity index (χ0) is 12.8. The van der Waals surface area contributed by atoms with Gasteiger partial charge in [0.2, 0.25) is 0 Å². The molecule has 0 fully saturated rings. The highest BCUT2D eigenvalue weighted by Gasteiger charge is 2.00. The van der Waals surface area contributed by atoms with Gasteiger partial charge >= 0.3 is 0 Å². The Balaban J connectivity index is 1.84. The number of nitrogens with zero attached hydrogens (tertiary/aromatic N) is 1. The summed E-state index contributed by atoms with van der Waals surface area (Å²) >= 11 is 5.81. The van der Waals surface area contributed by atoms with Gasteiger partial charge in [-0.05, 0) is 49.4 Å². The van der Waals surface area contributed by atoms with E-state index in [1.54, 1.807) is 0 Å². The Labute approximate surface area is 112 Å². The van der Waals surface area contributed by atoms with E-state index in [4.69, 9.17) is 22.1 Å². The van der Waals surface area contributed by atoms with E-state index in [-0.39, 0.29) is 0 Å². The van der Waals surface area contributed by atoms with Crippen LogP contribution in [0.25, 0.3) is 0 Å². The van der Waals surface area contributed by atoms with Gasteiger partial charge in [0, 0.05) is 16.9 Å². The molecule has 96 valence electrons. The Morgan fingerprint density at radius 1 is 1.17 bits per heavy atom. The van der Waals surface area contributed by atoms with E-state index in [0.29, 0.717) is 13.2 Å². The van der Waals surface area contributed by atoms with Crippen molar-refractivity contribution in [3.63, 3.8) is 0 Å². The third-order valence-electron chi connectivity index (χ3n) is 2.74. The lowest BCUT2D eigenvalue weighted by molar-refractivity contribution is 0.297. The van der Waals surface area contributed by atoms with Crippen LogP contribution in [-0.4, -0.2) is 17.7 Å². The van der Waals surface area contributed by atoms with Crippen LogP contribution < -0.4 is 10.5 Å². The Bertz CT molecular complexity index is 479. The molecule has 0 saturated carbocycles. The molecule has 4 heteroatoms. The molecular formula is C14H17ClN2O. The highest BCUT2D eigenvalue weighted by Crippen LogP contribution is 2.15. The van der Waals surface area contributed by atoms with Crippen LogP contribution in [0, 0.1) is 0 Å². The second kappa shape index (κ2) is 6.47. The van der Waals surface area contributed by atoms with E-state index in [1.807, 2.05) is 30.3 Å². The van der Waals surface area contributed by atoms with Gasteiger partial charge in [0.05, 0.1) is 6.54 Å². The van der Waals surface area contributed by atoms with E-state index in [9.17, 15) is 0 Å². The molecule has 0 amide bonds. The molecule has 1 aromatic heterocycles. The van der Waals surface area contributed by atoms with Crippen LogP contribution in [0.5, 0.6) is 5.75 Å². The average molecular weight is 265 g/mol. The first-order valence-electron chi connectivity index (χ1n) is 6.02. The lowest BCUT2D eigenvalue weighted by Gasteiger charge is -2.10. The van der Waals surface area contributed by atoms with Crippen LogP contribution in [0.3, 0.4) is 0 Å². The van der Waals surface area contributed by atoms with Gasteiger partial charge in [-0.3, -0.25) is 0 Å². The summed E-state index contributed by atoms with van der Waals surface area (Å²) in [6.07, 6.45) is 2.95. The smallest absolute Gasteiger partial charge is 0.119 e. The summed E-state index contributed by atoms with van der Waals surface area (Å²) in [5, 5.41) is 0.720. The fourth-order valence-electron chi connectivity index (χ4n) is 1.84. The zero-order valence-corrected chi connectivity index (χ0v) is 10.9. The van der Waals surface area contributed by atoms with Crippen LogP contribution >= 0.6 is 11.6 Å². The number of hydrogen-bond donors (Lipinski definition) is 1. The van der Waals surface area contributed by atoms with Gasteiger partial charge in [0.15, 0.2) is 0 Å². The first-order valence-corrected chi connectivity index (χ1v) is 6.40. The van der Waals surface area contributed by atoms with Gasteiger partial charge in [0.1, 0.15) is 12.4 Å². The van der Waals surface area contributed by atoms with Crippen molar-refractivity contribution in [1.29, 1.82) is 0 Å². The third kappa shape index (κ3) is 3.52. The molecule has 3 nitrogen and oxygen atoms in total. The lowest BCUT2D eigenvalue weighted by Crippen LogP contribution is -2.12. The van der Waals surface area contributed by atoms with Gasteiger partial charge < -0.3 is 15.0 Å². The molecule has 2 N–H and O–H groups in total. The van der Waals surface area contributed by atoms with E-state index >= 15 is 0 Å². The Hall–Kier alpha value is -1.45. The van der Waals surface area contributed by atoms with Gasteiger partial charge in [0.25, 0.3) is 0 Å². The van der Waals surface area contributed by atoms with Gasteiger partial charge in [-0.25, -0.2) is 0 Å². The predicted molar refractivity (Wildman–Crippen MR) is 74.1 cm³/mol.